The van der Waals surface area contributed by atoms with E-state index in [4.69, 9.17) is 4.74 Å². The number of carbonyl (C=O) groups excluding carboxylic acids is 1. The summed E-state index contributed by atoms with van der Waals surface area (Å²) in [5, 5.41) is 0.162. The highest BCUT2D eigenvalue weighted by Gasteiger charge is 2.31. The van der Waals surface area contributed by atoms with Crippen molar-refractivity contribution in [3.8, 4) is 5.75 Å². The summed E-state index contributed by atoms with van der Waals surface area (Å²) in [4.78, 5) is 11.4. The summed E-state index contributed by atoms with van der Waals surface area (Å²) in [6.45, 7) is 1.93. The molecule has 0 aliphatic heterocycles. The number of rotatable bonds is 6. The molecule has 19 heavy (non-hydrogen) atoms. The van der Waals surface area contributed by atoms with Crippen molar-refractivity contribution in [3.05, 3.63) is 23.8 Å². The number of ether oxygens (including phenoxy) is 1. The Bertz CT molecular complexity index is 449. The van der Waals surface area contributed by atoms with Crippen LogP contribution in [0.1, 0.15) is 12.5 Å². The van der Waals surface area contributed by atoms with Crippen LogP contribution >= 0.6 is 27.7 Å². The van der Waals surface area contributed by atoms with Gasteiger partial charge < -0.3 is 4.74 Å². The van der Waals surface area contributed by atoms with E-state index in [0.717, 1.165) is 0 Å². The maximum Gasteiger partial charge on any atom is 0.446 e. The van der Waals surface area contributed by atoms with E-state index in [1.54, 1.807) is 13.0 Å². The summed E-state index contributed by atoms with van der Waals surface area (Å²) in [5.74, 6) is 0.0248. The smallest absolute Gasteiger partial charge is 0.446 e. The molecule has 0 saturated heterocycles. The van der Waals surface area contributed by atoms with E-state index in [9.17, 15) is 18.0 Å². The minimum Gasteiger partial charge on any atom is -0.492 e. The number of carbonyl (C=O) groups is 1. The third kappa shape index (κ3) is 5.44. The molecule has 0 radical (unpaired) electrons. The zero-order valence-electron chi connectivity index (χ0n) is 10.1. The van der Waals surface area contributed by atoms with Gasteiger partial charge in [0.25, 0.3) is 0 Å². The van der Waals surface area contributed by atoms with Crippen LogP contribution in [0.4, 0.5) is 13.2 Å². The van der Waals surface area contributed by atoms with Gasteiger partial charge in [0, 0.05) is 12.0 Å². The molecule has 0 atom stereocenters. The lowest BCUT2D eigenvalue weighted by molar-refractivity contribution is -0.115. The average molecular weight is 357 g/mol. The van der Waals surface area contributed by atoms with Gasteiger partial charge in [0.2, 0.25) is 0 Å². The van der Waals surface area contributed by atoms with Crippen LogP contribution in [-0.4, -0.2) is 23.2 Å². The van der Waals surface area contributed by atoms with Crippen molar-refractivity contribution < 1.29 is 22.7 Å². The topological polar surface area (TPSA) is 26.3 Å². The fourth-order valence-electron chi connectivity index (χ4n) is 1.47. The highest BCUT2D eigenvalue weighted by atomic mass is 79.9. The fourth-order valence-corrected chi connectivity index (χ4v) is 2.35. The monoisotopic (exact) mass is 356 g/mol. The van der Waals surface area contributed by atoms with E-state index in [1.807, 2.05) is 0 Å². The van der Waals surface area contributed by atoms with E-state index in [2.05, 4.69) is 15.9 Å². The summed E-state index contributed by atoms with van der Waals surface area (Å²) < 4.78 is 42.6. The van der Waals surface area contributed by atoms with E-state index in [0.29, 0.717) is 5.56 Å². The van der Waals surface area contributed by atoms with Crippen molar-refractivity contribution >= 4 is 33.5 Å². The number of Topliss-reactive ketones (excluding diaryl/α,β-unsaturated/α-hetero) is 1. The number of hydrogen-bond donors (Lipinski definition) is 0. The maximum atomic E-state index is 12.5. The molecule has 0 saturated carbocycles. The van der Waals surface area contributed by atoms with E-state index >= 15 is 0 Å². The lowest BCUT2D eigenvalue weighted by atomic mass is 10.1. The Morgan fingerprint density at radius 2 is 2.11 bits per heavy atom. The third-order valence-corrected chi connectivity index (χ3v) is 3.51. The van der Waals surface area contributed by atoms with Crippen LogP contribution < -0.4 is 4.74 Å². The van der Waals surface area contributed by atoms with Crippen LogP contribution in [0.3, 0.4) is 0 Å². The second-order valence-corrected chi connectivity index (χ2v) is 5.24. The van der Waals surface area contributed by atoms with Crippen LogP contribution in [-0.2, 0) is 11.2 Å². The van der Waals surface area contributed by atoms with Crippen LogP contribution in [0.2, 0.25) is 0 Å². The minimum atomic E-state index is -4.39. The second kappa shape index (κ2) is 7.19. The predicted octanol–water partition coefficient (Wildman–Crippen LogP) is 4.20. The Balaban J connectivity index is 3.09. The maximum absolute atomic E-state index is 12.5. The van der Waals surface area contributed by atoms with E-state index in [-0.39, 0.29) is 46.5 Å². The first-order valence-corrected chi connectivity index (χ1v) is 7.39. The Labute approximate surface area is 121 Å². The number of benzene rings is 1. The molecule has 106 valence electrons. The quantitative estimate of drug-likeness (QED) is 0.564. The Morgan fingerprint density at radius 1 is 1.42 bits per heavy atom. The summed E-state index contributed by atoms with van der Waals surface area (Å²) in [5.41, 5.74) is -3.91. The van der Waals surface area contributed by atoms with Crippen molar-refractivity contribution in [2.45, 2.75) is 23.7 Å². The van der Waals surface area contributed by atoms with Crippen LogP contribution in [0, 0.1) is 0 Å². The molecule has 0 aliphatic carbocycles. The second-order valence-electron chi connectivity index (χ2n) is 3.57. The number of para-hydroxylation sites is 1. The van der Waals surface area contributed by atoms with E-state index < -0.39 is 5.51 Å². The first-order valence-electron chi connectivity index (χ1n) is 5.45. The Hall–Kier alpha value is -0.690. The molecule has 0 heterocycles. The van der Waals surface area contributed by atoms with Crippen LogP contribution in [0.25, 0.3) is 0 Å². The molecule has 0 N–H and O–H groups in total. The highest BCUT2D eigenvalue weighted by molar-refractivity contribution is 9.09. The largest absolute Gasteiger partial charge is 0.492 e. The molecule has 0 bridgehead atoms. The molecule has 0 aromatic heterocycles. The molecule has 1 rings (SSSR count). The molecular formula is C12H12BrF3O2S. The molecule has 0 amide bonds. The first-order chi connectivity index (χ1) is 8.87. The lowest BCUT2D eigenvalue weighted by Crippen LogP contribution is -2.08. The van der Waals surface area contributed by atoms with Gasteiger partial charge in [-0.2, -0.15) is 13.2 Å². The van der Waals surface area contributed by atoms with Crippen molar-refractivity contribution in [2.75, 3.05) is 11.9 Å². The normalized spacial score (nSPS) is 11.4. The molecule has 1 aromatic carbocycles. The van der Waals surface area contributed by atoms with Gasteiger partial charge in [0.1, 0.15) is 11.5 Å². The Morgan fingerprint density at radius 3 is 2.63 bits per heavy atom. The third-order valence-electron chi connectivity index (χ3n) is 2.11. The standard InChI is InChI=1S/C12H12BrF3O2S/c1-2-18-11-8(6-9(17)7-13)4-3-5-10(11)19-12(14,15)16/h3-5H,2,6-7H2,1H3. The van der Waals surface area contributed by atoms with Crippen molar-refractivity contribution in [1.82, 2.24) is 0 Å². The van der Waals surface area contributed by atoms with Gasteiger partial charge in [0.15, 0.2) is 0 Å². The molecule has 2 nitrogen and oxygen atoms in total. The summed E-state index contributed by atoms with van der Waals surface area (Å²) in [7, 11) is 0. The van der Waals surface area contributed by atoms with E-state index in [1.165, 1.54) is 12.1 Å². The molecular weight excluding hydrogens is 345 g/mol. The highest BCUT2D eigenvalue weighted by Crippen LogP contribution is 2.42. The van der Waals surface area contributed by atoms with Crippen LogP contribution in [0.5, 0.6) is 5.75 Å². The number of hydrogen-bond acceptors (Lipinski definition) is 3. The number of alkyl halides is 4. The van der Waals surface area contributed by atoms with Gasteiger partial charge in [-0.25, -0.2) is 0 Å². The summed E-state index contributed by atoms with van der Waals surface area (Å²) in [6, 6.07) is 4.44. The summed E-state index contributed by atoms with van der Waals surface area (Å²) >= 11 is 2.80. The fraction of sp³-hybridized carbons (Fsp3) is 0.417. The number of ketones is 1. The molecule has 1 aromatic rings. The number of halogens is 4. The van der Waals surface area contributed by atoms with Gasteiger partial charge in [-0.3, -0.25) is 4.79 Å². The molecule has 0 spiro atoms. The first kappa shape index (κ1) is 16.4. The van der Waals surface area contributed by atoms with Crippen molar-refractivity contribution in [1.29, 1.82) is 0 Å². The van der Waals surface area contributed by atoms with Gasteiger partial charge >= 0.3 is 5.51 Å². The average Bonchev–Trinajstić information content (AvgIpc) is 2.31. The van der Waals surface area contributed by atoms with Crippen LogP contribution in [0.15, 0.2) is 23.1 Å². The van der Waals surface area contributed by atoms with Crippen molar-refractivity contribution in [2.24, 2.45) is 0 Å². The molecule has 7 heteroatoms. The lowest BCUT2D eigenvalue weighted by Gasteiger charge is -2.15. The van der Waals surface area contributed by atoms with Gasteiger partial charge in [-0.15, -0.1) is 0 Å². The minimum absolute atomic E-state index is 0.0192. The zero-order valence-corrected chi connectivity index (χ0v) is 12.5. The zero-order chi connectivity index (χ0) is 14.5. The molecule has 0 unspecified atom stereocenters. The van der Waals surface area contributed by atoms with Gasteiger partial charge in [-0.05, 0) is 24.8 Å². The number of thioether (sulfide) groups is 1. The SMILES string of the molecule is CCOc1c(CC(=O)CBr)cccc1SC(F)(F)F. The predicted molar refractivity (Wildman–Crippen MR) is 72.0 cm³/mol. The van der Waals surface area contributed by atoms with Gasteiger partial charge in [0.05, 0.1) is 16.8 Å². The molecule has 0 aliphatic rings. The van der Waals surface area contributed by atoms with Crippen molar-refractivity contribution in [3.63, 3.8) is 0 Å². The Kier molecular flexibility index (Phi) is 6.19. The summed E-state index contributed by atoms with van der Waals surface area (Å²) in [6.07, 6.45) is 0.0485. The van der Waals surface area contributed by atoms with Gasteiger partial charge in [-0.1, -0.05) is 28.1 Å². The molecule has 0 fully saturated rings.